The topological polar surface area (TPSA) is 79.2 Å². The fourth-order valence-corrected chi connectivity index (χ4v) is 3.26. The highest BCUT2D eigenvalue weighted by Gasteiger charge is 2.30. The number of carbonyl (C=O) groups excluding carboxylic acids is 2. The molecule has 1 saturated heterocycles. The molecule has 3 N–H and O–H groups in total. The van der Waals surface area contributed by atoms with Crippen molar-refractivity contribution in [3.8, 4) is 0 Å². The zero-order valence-electron chi connectivity index (χ0n) is 12.7. The molecule has 1 amide bonds. The number of primary amides is 1. The molecule has 0 spiro atoms. The summed E-state index contributed by atoms with van der Waals surface area (Å²) in [6.45, 7) is 3.32. The van der Waals surface area contributed by atoms with E-state index in [4.69, 9.17) is 5.73 Å². The second kappa shape index (κ2) is 5.93. The lowest BCUT2D eigenvalue weighted by Gasteiger charge is -2.34. The lowest BCUT2D eigenvalue weighted by atomic mass is 9.94. The van der Waals surface area contributed by atoms with Crippen molar-refractivity contribution < 1.29 is 9.59 Å². The lowest BCUT2D eigenvalue weighted by Crippen LogP contribution is -2.47. The molecule has 2 heterocycles. The molecule has 1 aromatic heterocycles. The molecule has 22 heavy (non-hydrogen) atoms. The zero-order valence-corrected chi connectivity index (χ0v) is 12.7. The van der Waals surface area contributed by atoms with Gasteiger partial charge in [-0.15, -0.1) is 0 Å². The monoisotopic (exact) mass is 299 g/mol. The summed E-state index contributed by atoms with van der Waals surface area (Å²) in [5.74, 6) is -0.328. The molecule has 1 aliphatic rings. The van der Waals surface area contributed by atoms with Gasteiger partial charge in [-0.1, -0.05) is 18.2 Å². The van der Waals surface area contributed by atoms with Gasteiger partial charge in [-0.25, -0.2) is 0 Å². The number of Topliss-reactive ketones (excluding diaryl/α,β-unsaturated/α-hetero) is 1. The van der Waals surface area contributed by atoms with Gasteiger partial charge in [0.15, 0.2) is 5.78 Å². The Morgan fingerprint density at radius 1 is 1.36 bits per heavy atom. The highest BCUT2D eigenvalue weighted by molar-refractivity contribution is 6.10. The van der Waals surface area contributed by atoms with Crippen LogP contribution >= 0.6 is 0 Å². The first-order chi connectivity index (χ1) is 10.6. The van der Waals surface area contributed by atoms with Crippen molar-refractivity contribution in [2.24, 2.45) is 11.7 Å². The summed E-state index contributed by atoms with van der Waals surface area (Å²) in [5, 5.41) is 0.947. The van der Waals surface area contributed by atoms with E-state index in [1.54, 1.807) is 6.20 Å². The molecule has 1 aliphatic heterocycles. The molecule has 5 nitrogen and oxygen atoms in total. The molecule has 0 saturated carbocycles. The van der Waals surface area contributed by atoms with Crippen LogP contribution in [-0.2, 0) is 4.79 Å². The molecular weight excluding hydrogens is 278 g/mol. The van der Waals surface area contributed by atoms with E-state index in [-0.39, 0.29) is 23.7 Å². The number of amides is 1. The predicted octanol–water partition coefficient (Wildman–Crippen LogP) is 1.94. The van der Waals surface area contributed by atoms with Crippen molar-refractivity contribution in [2.75, 3.05) is 13.1 Å². The number of aromatic nitrogens is 1. The highest BCUT2D eigenvalue weighted by Crippen LogP contribution is 2.23. The Hall–Kier alpha value is -2.14. The fraction of sp³-hybridized carbons (Fsp3) is 0.412. The average molecular weight is 299 g/mol. The zero-order chi connectivity index (χ0) is 15.7. The highest BCUT2D eigenvalue weighted by atomic mass is 16.1. The van der Waals surface area contributed by atoms with Gasteiger partial charge in [0.05, 0.1) is 12.0 Å². The van der Waals surface area contributed by atoms with E-state index in [1.165, 1.54) is 0 Å². The molecule has 0 aliphatic carbocycles. The minimum absolute atomic E-state index is 0.0857. The molecule has 5 heteroatoms. The first-order valence-corrected chi connectivity index (χ1v) is 7.71. The number of benzene rings is 1. The van der Waals surface area contributed by atoms with E-state index in [0.29, 0.717) is 12.1 Å². The van der Waals surface area contributed by atoms with Gasteiger partial charge in [0.2, 0.25) is 5.91 Å². The quantitative estimate of drug-likeness (QED) is 0.847. The maximum absolute atomic E-state index is 12.8. The van der Waals surface area contributed by atoms with Crippen molar-refractivity contribution in [2.45, 2.75) is 25.8 Å². The number of likely N-dealkylation sites (tertiary alicyclic amines) is 1. The number of ketones is 1. The number of rotatable bonds is 4. The second-order valence-corrected chi connectivity index (χ2v) is 6.02. The summed E-state index contributed by atoms with van der Waals surface area (Å²) in [5.41, 5.74) is 7.10. The van der Waals surface area contributed by atoms with Gasteiger partial charge >= 0.3 is 0 Å². The smallest absolute Gasteiger partial charge is 0.221 e. The van der Waals surface area contributed by atoms with Crippen molar-refractivity contribution in [3.63, 3.8) is 0 Å². The Morgan fingerprint density at radius 2 is 2.14 bits per heavy atom. The van der Waals surface area contributed by atoms with Gasteiger partial charge in [-0.05, 0) is 32.4 Å². The number of para-hydroxylation sites is 1. The summed E-state index contributed by atoms with van der Waals surface area (Å²) < 4.78 is 0. The Bertz CT molecular complexity index is 707. The number of H-pyrrole nitrogens is 1. The van der Waals surface area contributed by atoms with Crippen molar-refractivity contribution in [1.29, 1.82) is 0 Å². The van der Waals surface area contributed by atoms with Crippen LogP contribution in [0.3, 0.4) is 0 Å². The molecule has 116 valence electrons. The maximum Gasteiger partial charge on any atom is 0.221 e. The number of nitrogens with two attached hydrogens (primary N) is 1. The van der Waals surface area contributed by atoms with Gasteiger partial charge in [0.1, 0.15) is 0 Å². The molecule has 1 aromatic carbocycles. The molecule has 2 atom stereocenters. The third-order valence-electron chi connectivity index (χ3n) is 4.64. The van der Waals surface area contributed by atoms with Crippen LogP contribution in [-0.4, -0.2) is 40.7 Å². The summed E-state index contributed by atoms with van der Waals surface area (Å²) in [6, 6.07) is 7.54. The van der Waals surface area contributed by atoms with Crippen molar-refractivity contribution >= 4 is 22.6 Å². The van der Waals surface area contributed by atoms with Gasteiger partial charge in [-0.3, -0.25) is 14.5 Å². The van der Waals surface area contributed by atoms with Crippen LogP contribution in [0, 0.1) is 5.92 Å². The van der Waals surface area contributed by atoms with Gasteiger partial charge in [-0.2, -0.15) is 0 Å². The van der Waals surface area contributed by atoms with E-state index in [2.05, 4.69) is 9.88 Å². The van der Waals surface area contributed by atoms with E-state index in [0.717, 1.165) is 30.3 Å². The van der Waals surface area contributed by atoms with Crippen LogP contribution in [0.5, 0.6) is 0 Å². The predicted molar refractivity (Wildman–Crippen MR) is 85.6 cm³/mol. The summed E-state index contributed by atoms with van der Waals surface area (Å²) in [6.07, 6.45) is 3.50. The van der Waals surface area contributed by atoms with Gasteiger partial charge in [0.25, 0.3) is 0 Å². The molecule has 1 fully saturated rings. The van der Waals surface area contributed by atoms with Crippen molar-refractivity contribution in [1.82, 2.24) is 9.88 Å². The first kappa shape index (κ1) is 14.8. The van der Waals surface area contributed by atoms with Gasteiger partial charge in [0, 0.05) is 29.2 Å². The standard InChI is InChI=1S/C17H21N3O2/c1-11(20-8-4-5-12(10-20)17(18)22)16(21)14-9-19-15-7-3-2-6-13(14)15/h2-3,6-7,9,11-12,19H,4-5,8,10H2,1H3,(H2,18,22)/t11-,12+/m1/s1. The van der Waals surface area contributed by atoms with Crippen LogP contribution in [0.2, 0.25) is 0 Å². The maximum atomic E-state index is 12.8. The normalized spacial score (nSPS) is 20.9. The average Bonchev–Trinajstić information content (AvgIpc) is 2.97. The van der Waals surface area contributed by atoms with E-state index >= 15 is 0 Å². The molecule has 0 radical (unpaired) electrons. The summed E-state index contributed by atoms with van der Waals surface area (Å²) in [4.78, 5) is 29.4. The largest absolute Gasteiger partial charge is 0.369 e. The van der Waals surface area contributed by atoms with Crippen LogP contribution in [0.1, 0.15) is 30.1 Å². The minimum atomic E-state index is -0.267. The number of hydrogen-bond donors (Lipinski definition) is 2. The van der Waals surface area contributed by atoms with E-state index < -0.39 is 0 Å². The lowest BCUT2D eigenvalue weighted by molar-refractivity contribution is -0.123. The Balaban J connectivity index is 1.81. The van der Waals surface area contributed by atoms with E-state index in [1.807, 2.05) is 31.2 Å². The van der Waals surface area contributed by atoms with Crippen LogP contribution in [0.15, 0.2) is 30.5 Å². The Morgan fingerprint density at radius 3 is 2.91 bits per heavy atom. The number of piperidine rings is 1. The Labute approximate surface area is 129 Å². The number of carbonyl (C=O) groups is 2. The first-order valence-electron chi connectivity index (χ1n) is 7.71. The van der Waals surface area contributed by atoms with Crippen LogP contribution < -0.4 is 5.73 Å². The molecule has 0 unspecified atom stereocenters. The number of nitrogens with zero attached hydrogens (tertiary/aromatic N) is 1. The number of aromatic amines is 1. The molecule has 0 bridgehead atoms. The summed E-state index contributed by atoms with van der Waals surface area (Å²) >= 11 is 0. The number of hydrogen-bond acceptors (Lipinski definition) is 3. The fourth-order valence-electron chi connectivity index (χ4n) is 3.26. The summed E-state index contributed by atoms with van der Waals surface area (Å²) in [7, 11) is 0. The van der Waals surface area contributed by atoms with Crippen LogP contribution in [0.4, 0.5) is 0 Å². The molecular formula is C17H21N3O2. The third kappa shape index (κ3) is 2.64. The number of fused-ring (bicyclic) bond motifs is 1. The number of nitrogens with one attached hydrogen (secondary N) is 1. The van der Waals surface area contributed by atoms with Crippen molar-refractivity contribution in [3.05, 3.63) is 36.0 Å². The van der Waals surface area contributed by atoms with Gasteiger partial charge < -0.3 is 10.7 Å². The third-order valence-corrected chi connectivity index (χ3v) is 4.64. The SMILES string of the molecule is C[C@H](C(=O)c1c[nH]c2ccccc12)N1CCC[C@H](C(N)=O)C1. The molecule has 2 aromatic rings. The Kier molecular flexibility index (Phi) is 3.98. The minimum Gasteiger partial charge on any atom is -0.369 e. The second-order valence-electron chi connectivity index (χ2n) is 6.02. The van der Waals surface area contributed by atoms with Crippen LogP contribution in [0.25, 0.3) is 10.9 Å². The molecule has 3 rings (SSSR count). The van der Waals surface area contributed by atoms with E-state index in [9.17, 15) is 9.59 Å².